The summed E-state index contributed by atoms with van der Waals surface area (Å²) in [6.07, 6.45) is 3.14. The monoisotopic (exact) mass is 229 g/mol. The van der Waals surface area contributed by atoms with E-state index in [-0.39, 0.29) is 6.03 Å². The molecule has 0 heterocycles. The van der Waals surface area contributed by atoms with E-state index in [1.165, 1.54) is 0 Å². The maximum Gasteiger partial charge on any atom is 0.314 e. The van der Waals surface area contributed by atoms with Crippen LogP contribution in [-0.2, 0) is 0 Å². The molecule has 4 nitrogen and oxygen atoms in total. The molecule has 0 aromatic rings. The Morgan fingerprint density at radius 1 is 1.19 bits per heavy atom. The van der Waals surface area contributed by atoms with Crippen molar-refractivity contribution in [3.8, 4) is 0 Å². The Labute approximate surface area is 99.8 Å². The van der Waals surface area contributed by atoms with Gasteiger partial charge in [0.15, 0.2) is 0 Å². The summed E-state index contributed by atoms with van der Waals surface area (Å²) in [4.78, 5) is 13.5. The van der Waals surface area contributed by atoms with Gasteiger partial charge in [0.25, 0.3) is 0 Å². The first kappa shape index (κ1) is 15.2. The molecule has 0 saturated carbocycles. The maximum atomic E-state index is 11.2. The van der Waals surface area contributed by atoms with Gasteiger partial charge in [-0.2, -0.15) is 0 Å². The summed E-state index contributed by atoms with van der Waals surface area (Å²) in [6.45, 7) is 9.04. The standard InChI is InChI=1S/C12H27N3O/c1-5-8-13-12(16)14-9-6-7-10-15(4)11(2)3/h11H,5-10H2,1-4H3,(H2,13,14,16). The largest absolute Gasteiger partial charge is 0.338 e. The third-order valence-corrected chi connectivity index (χ3v) is 2.64. The number of hydrogen-bond acceptors (Lipinski definition) is 2. The van der Waals surface area contributed by atoms with Crippen LogP contribution in [0.3, 0.4) is 0 Å². The fourth-order valence-corrected chi connectivity index (χ4v) is 1.25. The van der Waals surface area contributed by atoms with Crippen molar-refractivity contribution in [1.29, 1.82) is 0 Å². The molecule has 0 atom stereocenters. The van der Waals surface area contributed by atoms with Crippen LogP contribution in [0, 0.1) is 0 Å². The highest BCUT2D eigenvalue weighted by Crippen LogP contribution is 1.97. The molecule has 0 bridgehead atoms. The normalized spacial score (nSPS) is 10.9. The van der Waals surface area contributed by atoms with E-state index < -0.39 is 0 Å². The molecular weight excluding hydrogens is 202 g/mol. The van der Waals surface area contributed by atoms with Crippen LogP contribution in [0.2, 0.25) is 0 Å². The first-order valence-corrected chi connectivity index (χ1v) is 6.29. The Balaban J connectivity index is 3.30. The van der Waals surface area contributed by atoms with E-state index in [0.29, 0.717) is 6.04 Å². The third-order valence-electron chi connectivity index (χ3n) is 2.64. The van der Waals surface area contributed by atoms with Gasteiger partial charge in [-0.3, -0.25) is 0 Å². The van der Waals surface area contributed by atoms with Crippen LogP contribution in [0.5, 0.6) is 0 Å². The molecule has 0 saturated heterocycles. The summed E-state index contributed by atoms with van der Waals surface area (Å²) >= 11 is 0. The minimum atomic E-state index is -0.0425. The first-order chi connectivity index (χ1) is 7.57. The Morgan fingerprint density at radius 2 is 1.81 bits per heavy atom. The molecule has 4 heteroatoms. The molecule has 0 aliphatic carbocycles. The molecule has 2 N–H and O–H groups in total. The lowest BCUT2D eigenvalue weighted by molar-refractivity contribution is 0.239. The summed E-state index contributed by atoms with van der Waals surface area (Å²) in [5.74, 6) is 0. The number of unbranched alkanes of at least 4 members (excludes halogenated alkanes) is 1. The molecular formula is C12H27N3O. The number of nitrogens with one attached hydrogen (secondary N) is 2. The van der Waals surface area contributed by atoms with Crippen LogP contribution in [-0.4, -0.2) is 43.7 Å². The third kappa shape index (κ3) is 8.53. The number of carbonyl (C=O) groups is 1. The van der Waals surface area contributed by atoms with Crippen molar-refractivity contribution in [1.82, 2.24) is 15.5 Å². The van der Waals surface area contributed by atoms with Gasteiger partial charge in [-0.25, -0.2) is 4.79 Å². The second-order valence-electron chi connectivity index (χ2n) is 4.46. The van der Waals surface area contributed by atoms with Gasteiger partial charge in [0.1, 0.15) is 0 Å². The van der Waals surface area contributed by atoms with E-state index >= 15 is 0 Å². The van der Waals surface area contributed by atoms with Crippen molar-refractivity contribution in [3.05, 3.63) is 0 Å². The second-order valence-corrected chi connectivity index (χ2v) is 4.46. The number of nitrogens with zero attached hydrogens (tertiary/aromatic N) is 1. The Bertz CT molecular complexity index is 183. The number of hydrogen-bond donors (Lipinski definition) is 2. The lowest BCUT2D eigenvalue weighted by Gasteiger charge is -2.20. The fraction of sp³-hybridized carbons (Fsp3) is 0.917. The van der Waals surface area contributed by atoms with Gasteiger partial charge in [0.05, 0.1) is 0 Å². The number of amides is 2. The summed E-state index contributed by atoms with van der Waals surface area (Å²) in [5.41, 5.74) is 0. The number of carbonyl (C=O) groups excluding carboxylic acids is 1. The second kappa shape index (κ2) is 9.46. The van der Waals surface area contributed by atoms with E-state index in [0.717, 1.165) is 38.9 Å². The number of rotatable bonds is 8. The average Bonchev–Trinajstić information content (AvgIpc) is 2.25. The van der Waals surface area contributed by atoms with Gasteiger partial charge >= 0.3 is 6.03 Å². The zero-order valence-corrected chi connectivity index (χ0v) is 11.2. The van der Waals surface area contributed by atoms with E-state index in [1.807, 2.05) is 6.92 Å². The SMILES string of the molecule is CCCNC(=O)NCCCCN(C)C(C)C. The van der Waals surface area contributed by atoms with Crippen LogP contribution in [0.15, 0.2) is 0 Å². The van der Waals surface area contributed by atoms with Crippen LogP contribution < -0.4 is 10.6 Å². The van der Waals surface area contributed by atoms with Gasteiger partial charge in [-0.05, 0) is 46.7 Å². The molecule has 16 heavy (non-hydrogen) atoms. The quantitative estimate of drug-likeness (QED) is 0.624. The van der Waals surface area contributed by atoms with Gasteiger partial charge in [0.2, 0.25) is 0 Å². The molecule has 0 spiro atoms. The zero-order chi connectivity index (χ0) is 12.4. The molecule has 0 unspecified atom stereocenters. The van der Waals surface area contributed by atoms with Gasteiger partial charge < -0.3 is 15.5 Å². The highest BCUT2D eigenvalue weighted by molar-refractivity contribution is 5.73. The fourth-order valence-electron chi connectivity index (χ4n) is 1.25. The van der Waals surface area contributed by atoms with Crippen LogP contribution in [0.25, 0.3) is 0 Å². The van der Waals surface area contributed by atoms with Gasteiger partial charge in [-0.1, -0.05) is 6.92 Å². The Hall–Kier alpha value is -0.770. The molecule has 2 amide bonds. The number of urea groups is 1. The van der Waals surface area contributed by atoms with E-state index in [9.17, 15) is 4.79 Å². The topological polar surface area (TPSA) is 44.4 Å². The summed E-state index contributed by atoms with van der Waals surface area (Å²) in [7, 11) is 2.13. The lowest BCUT2D eigenvalue weighted by atomic mass is 10.2. The smallest absolute Gasteiger partial charge is 0.314 e. The summed E-state index contributed by atoms with van der Waals surface area (Å²) in [6, 6.07) is 0.555. The van der Waals surface area contributed by atoms with Crippen LogP contribution in [0.1, 0.15) is 40.0 Å². The minimum Gasteiger partial charge on any atom is -0.338 e. The van der Waals surface area contributed by atoms with Gasteiger partial charge in [0, 0.05) is 19.1 Å². The molecule has 0 radical (unpaired) electrons. The van der Waals surface area contributed by atoms with Crippen LogP contribution in [0.4, 0.5) is 4.79 Å². The maximum absolute atomic E-state index is 11.2. The lowest BCUT2D eigenvalue weighted by Crippen LogP contribution is -2.36. The molecule has 0 aromatic carbocycles. The molecule has 0 aromatic heterocycles. The van der Waals surface area contributed by atoms with E-state index in [2.05, 4.69) is 36.4 Å². The predicted octanol–water partition coefficient (Wildman–Crippen LogP) is 1.82. The first-order valence-electron chi connectivity index (χ1n) is 6.29. The summed E-state index contributed by atoms with van der Waals surface area (Å²) in [5, 5.41) is 5.64. The van der Waals surface area contributed by atoms with E-state index in [1.54, 1.807) is 0 Å². The highest BCUT2D eigenvalue weighted by atomic mass is 16.2. The van der Waals surface area contributed by atoms with Gasteiger partial charge in [-0.15, -0.1) is 0 Å². The van der Waals surface area contributed by atoms with Crippen molar-refractivity contribution >= 4 is 6.03 Å². The predicted molar refractivity (Wildman–Crippen MR) is 68.7 cm³/mol. The van der Waals surface area contributed by atoms with E-state index in [4.69, 9.17) is 0 Å². The zero-order valence-electron chi connectivity index (χ0n) is 11.2. The van der Waals surface area contributed by atoms with Crippen molar-refractivity contribution in [2.75, 3.05) is 26.7 Å². The average molecular weight is 229 g/mol. The molecule has 0 aliphatic rings. The van der Waals surface area contributed by atoms with Crippen molar-refractivity contribution in [2.24, 2.45) is 0 Å². The van der Waals surface area contributed by atoms with Crippen LogP contribution >= 0.6 is 0 Å². The van der Waals surface area contributed by atoms with Crippen molar-refractivity contribution in [3.63, 3.8) is 0 Å². The molecule has 96 valence electrons. The molecule has 0 aliphatic heterocycles. The van der Waals surface area contributed by atoms with Crippen molar-refractivity contribution < 1.29 is 4.79 Å². The van der Waals surface area contributed by atoms with Crippen molar-refractivity contribution in [2.45, 2.75) is 46.1 Å². The molecule has 0 rings (SSSR count). The minimum absolute atomic E-state index is 0.0425. The Morgan fingerprint density at radius 3 is 2.38 bits per heavy atom. The Kier molecular flexibility index (Phi) is 9.00. The summed E-state index contributed by atoms with van der Waals surface area (Å²) < 4.78 is 0. The molecule has 0 fully saturated rings. The highest BCUT2D eigenvalue weighted by Gasteiger charge is 2.02.